The number of nitrogens with zero attached hydrogens (tertiary/aromatic N) is 4. The number of nitrogens with one attached hydrogen (secondary N) is 1. The topological polar surface area (TPSA) is 74.3 Å². The molecule has 1 amide bonds. The Kier molecular flexibility index (Phi) is 4.81. The van der Waals surface area contributed by atoms with Crippen molar-refractivity contribution in [3.05, 3.63) is 54.5 Å². The molecule has 7 heteroatoms. The normalized spacial score (nSPS) is 25.5. The molecule has 0 spiro atoms. The number of fused-ring (bicyclic) bond motifs is 2. The molecular formula is C23H27N5O2. The first-order valence-corrected chi connectivity index (χ1v) is 10.6. The fourth-order valence-corrected chi connectivity index (χ4v) is 5.32. The van der Waals surface area contributed by atoms with Gasteiger partial charge in [0, 0.05) is 32.4 Å². The van der Waals surface area contributed by atoms with Gasteiger partial charge in [0.05, 0.1) is 5.39 Å². The van der Waals surface area contributed by atoms with Gasteiger partial charge in [0.1, 0.15) is 24.4 Å². The van der Waals surface area contributed by atoms with Crippen molar-refractivity contribution in [1.82, 2.24) is 19.9 Å². The molecule has 3 aromatic rings. The number of hydrogen-bond donors (Lipinski definition) is 1. The number of ether oxygens (including phenoxy) is 1. The zero-order valence-corrected chi connectivity index (χ0v) is 17.4. The summed E-state index contributed by atoms with van der Waals surface area (Å²) in [7, 11) is 2.13. The molecule has 2 fully saturated rings. The van der Waals surface area contributed by atoms with E-state index in [-0.39, 0.29) is 6.09 Å². The lowest BCUT2D eigenvalue weighted by molar-refractivity contribution is 0.100. The SMILES string of the molecule is C[C@@H]1[C@H]2CN(C(=O)OCc3ccccc3)CC2C[C@@H]1N(C)c1ncnc2[nH]ccc12. The van der Waals surface area contributed by atoms with Crippen molar-refractivity contribution < 1.29 is 9.53 Å². The highest BCUT2D eigenvalue weighted by Gasteiger charge is 2.48. The Balaban J connectivity index is 1.23. The van der Waals surface area contributed by atoms with E-state index in [1.807, 2.05) is 47.5 Å². The maximum Gasteiger partial charge on any atom is 0.410 e. The molecule has 30 heavy (non-hydrogen) atoms. The minimum absolute atomic E-state index is 0.199. The van der Waals surface area contributed by atoms with E-state index in [2.05, 4.69) is 33.8 Å². The maximum atomic E-state index is 12.6. The Morgan fingerprint density at radius 1 is 1.23 bits per heavy atom. The number of aromatic amines is 1. The average Bonchev–Trinajstić information content (AvgIpc) is 3.48. The fraction of sp³-hybridized carbons (Fsp3) is 0.435. The number of H-pyrrole nitrogens is 1. The minimum atomic E-state index is -0.199. The lowest BCUT2D eigenvalue weighted by atomic mass is 9.93. The number of anilines is 1. The van der Waals surface area contributed by atoms with Crippen molar-refractivity contribution in [2.45, 2.75) is 26.0 Å². The van der Waals surface area contributed by atoms with Crippen LogP contribution in [0.25, 0.3) is 11.0 Å². The van der Waals surface area contributed by atoms with Gasteiger partial charge >= 0.3 is 6.09 Å². The number of benzene rings is 1. The summed E-state index contributed by atoms with van der Waals surface area (Å²) in [4.78, 5) is 28.8. The molecular weight excluding hydrogens is 378 g/mol. The minimum Gasteiger partial charge on any atom is -0.445 e. The van der Waals surface area contributed by atoms with Crippen LogP contribution >= 0.6 is 0 Å². The number of amides is 1. The number of carbonyl (C=O) groups is 1. The van der Waals surface area contributed by atoms with E-state index in [9.17, 15) is 4.79 Å². The summed E-state index contributed by atoms with van der Waals surface area (Å²) in [6.07, 6.45) is 4.38. The number of rotatable bonds is 4. The Morgan fingerprint density at radius 3 is 2.87 bits per heavy atom. The highest BCUT2D eigenvalue weighted by atomic mass is 16.6. The fourth-order valence-electron chi connectivity index (χ4n) is 5.32. The van der Waals surface area contributed by atoms with Crippen LogP contribution in [-0.2, 0) is 11.3 Å². The first kappa shape index (κ1) is 18.9. The van der Waals surface area contributed by atoms with Crippen LogP contribution in [0.15, 0.2) is 48.9 Å². The van der Waals surface area contributed by atoms with Gasteiger partial charge in [-0.05, 0) is 35.8 Å². The van der Waals surface area contributed by atoms with Gasteiger partial charge in [-0.15, -0.1) is 0 Å². The van der Waals surface area contributed by atoms with Crippen molar-refractivity contribution in [3.8, 4) is 0 Å². The summed E-state index contributed by atoms with van der Waals surface area (Å²) < 4.78 is 5.55. The van der Waals surface area contributed by atoms with Gasteiger partial charge in [-0.2, -0.15) is 0 Å². The molecule has 1 aromatic carbocycles. The molecule has 1 aliphatic heterocycles. The van der Waals surface area contributed by atoms with Crippen molar-refractivity contribution in [2.75, 3.05) is 25.0 Å². The van der Waals surface area contributed by atoms with Gasteiger partial charge in [0.15, 0.2) is 0 Å². The zero-order chi connectivity index (χ0) is 20.7. The molecule has 3 heterocycles. The third-order valence-corrected chi connectivity index (χ3v) is 6.95. The highest BCUT2D eigenvalue weighted by Crippen LogP contribution is 2.45. The highest BCUT2D eigenvalue weighted by molar-refractivity contribution is 5.87. The summed E-state index contributed by atoms with van der Waals surface area (Å²) in [5.41, 5.74) is 1.88. The lowest BCUT2D eigenvalue weighted by Crippen LogP contribution is -2.38. The first-order valence-electron chi connectivity index (χ1n) is 10.6. The van der Waals surface area contributed by atoms with E-state index < -0.39 is 0 Å². The molecule has 1 N–H and O–H groups in total. The third kappa shape index (κ3) is 3.28. The standard InChI is InChI=1S/C23H27N5O2/c1-15-19-12-28(23(29)30-13-16-6-4-3-5-7-16)11-17(19)10-20(15)27(2)22-18-8-9-24-21(18)25-14-26-22/h3-9,14-15,17,19-20H,10-13H2,1-2H3,(H,24,25,26)/t15-,17?,19-,20+/m1/s1. The first-order chi connectivity index (χ1) is 14.6. The van der Waals surface area contributed by atoms with E-state index in [0.29, 0.717) is 30.4 Å². The van der Waals surface area contributed by atoms with Crippen LogP contribution < -0.4 is 4.90 Å². The molecule has 1 saturated heterocycles. The van der Waals surface area contributed by atoms with Gasteiger partial charge < -0.3 is 19.5 Å². The second-order valence-corrected chi connectivity index (χ2v) is 8.58. The van der Waals surface area contributed by atoms with Crippen LogP contribution in [0.2, 0.25) is 0 Å². The second kappa shape index (κ2) is 7.63. The van der Waals surface area contributed by atoms with E-state index in [1.54, 1.807) is 6.33 Å². The second-order valence-electron chi connectivity index (χ2n) is 8.58. The summed E-state index contributed by atoms with van der Waals surface area (Å²) in [5, 5.41) is 1.05. The monoisotopic (exact) mass is 405 g/mol. The predicted octanol–water partition coefficient (Wildman–Crippen LogP) is 3.69. The quantitative estimate of drug-likeness (QED) is 0.717. The molecule has 2 aliphatic rings. The summed E-state index contributed by atoms with van der Waals surface area (Å²) in [6, 6.07) is 12.3. The number of aromatic nitrogens is 3. The lowest BCUT2D eigenvalue weighted by Gasteiger charge is -2.31. The largest absolute Gasteiger partial charge is 0.445 e. The maximum absolute atomic E-state index is 12.6. The van der Waals surface area contributed by atoms with Crippen LogP contribution in [0, 0.1) is 17.8 Å². The van der Waals surface area contributed by atoms with Crippen molar-refractivity contribution in [3.63, 3.8) is 0 Å². The zero-order valence-electron chi connectivity index (χ0n) is 17.4. The average molecular weight is 406 g/mol. The third-order valence-electron chi connectivity index (χ3n) is 6.95. The molecule has 5 rings (SSSR count). The van der Waals surface area contributed by atoms with E-state index in [1.165, 1.54) is 0 Å². The molecule has 2 aromatic heterocycles. The Bertz CT molecular complexity index is 1040. The summed E-state index contributed by atoms with van der Waals surface area (Å²) in [5.74, 6) is 2.43. The molecule has 4 atom stereocenters. The van der Waals surface area contributed by atoms with Gasteiger partial charge in [-0.1, -0.05) is 37.3 Å². The smallest absolute Gasteiger partial charge is 0.410 e. The molecule has 0 radical (unpaired) electrons. The molecule has 7 nitrogen and oxygen atoms in total. The van der Waals surface area contributed by atoms with Crippen molar-refractivity contribution in [2.24, 2.45) is 17.8 Å². The molecule has 0 bridgehead atoms. The number of hydrogen-bond acceptors (Lipinski definition) is 5. The number of likely N-dealkylation sites (tertiary alicyclic amines) is 1. The van der Waals surface area contributed by atoms with Crippen LogP contribution in [0.1, 0.15) is 18.9 Å². The Hall–Kier alpha value is -3.09. The molecule has 1 unspecified atom stereocenters. The van der Waals surface area contributed by atoms with E-state index in [4.69, 9.17) is 4.74 Å². The summed E-state index contributed by atoms with van der Waals surface area (Å²) in [6.45, 7) is 4.18. The van der Waals surface area contributed by atoms with Crippen LogP contribution in [0.4, 0.5) is 10.6 Å². The van der Waals surface area contributed by atoms with Crippen LogP contribution in [0.3, 0.4) is 0 Å². The number of carbonyl (C=O) groups excluding carboxylic acids is 1. The van der Waals surface area contributed by atoms with Crippen LogP contribution in [0.5, 0.6) is 0 Å². The van der Waals surface area contributed by atoms with E-state index in [0.717, 1.165) is 41.9 Å². The molecule has 156 valence electrons. The van der Waals surface area contributed by atoms with Crippen molar-refractivity contribution in [1.29, 1.82) is 0 Å². The van der Waals surface area contributed by atoms with Crippen LogP contribution in [-0.4, -0.2) is 52.1 Å². The van der Waals surface area contributed by atoms with Gasteiger partial charge in [0.2, 0.25) is 0 Å². The Morgan fingerprint density at radius 2 is 2.07 bits per heavy atom. The van der Waals surface area contributed by atoms with E-state index >= 15 is 0 Å². The van der Waals surface area contributed by atoms with Crippen molar-refractivity contribution >= 4 is 22.9 Å². The Labute approximate surface area is 176 Å². The van der Waals surface area contributed by atoms with Gasteiger partial charge in [-0.3, -0.25) is 0 Å². The predicted molar refractivity (Wildman–Crippen MR) is 115 cm³/mol. The summed E-state index contributed by atoms with van der Waals surface area (Å²) >= 11 is 0. The molecule has 1 aliphatic carbocycles. The molecule has 1 saturated carbocycles. The van der Waals surface area contributed by atoms with Gasteiger partial charge in [0.25, 0.3) is 0 Å². The van der Waals surface area contributed by atoms with Gasteiger partial charge in [-0.25, -0.2) is 14.8 Å².